The molecular formula is C16H17ClN2O4. The zero-order valence-electron chi connectivity index (χ0n) is 12.4. The highest BCUT2D eigenvalue weighted by atomic mass is 35.5. The number of halogens is 1. The predicted molar refractivity (Wildman–Crippen MR) is 85.3 cm³/mol. The number of furan rings is 1. The summed E-state index contributed by atoms with van der Waals surface area (Å²) < 4.78 is 5.70. The number of rotatable bonds is 1. The number of aliphatic hydroxyl groups is 2. The fourth-order valence-electron chi connectivity index (χ4n) is 3.83. The number of urea groups is 1. The lowest BCUT2D eigenvalue weighted by atomic mass is 9.74. The molecule has 1 aliphatic carbocycles. The maximum absolute atomic E-state index is 12.1. The van der Waals surface area contributed by atoms with Crippen LogP contribution < -0.4 is 10.6 Å². The van der Waals surface area contributed by atoms with Crippen LogP contribution >= 0.6 is 11.6 Å². The molecule has 1 fully saturated rings. The van der Waals surface area contributed by atoms with Gasteiger partial charge in [0.05, 0.1) is 16.2 Å². The van der Waals surface area contributed by atoms with Crippen LogP contribution in [-0.2, 0) is 5.54 Å². The minimum Gasteiger partial charge on any atom is -0.455 e. The van der Waals surface area contributed by atoms with Gasteiger partial charge < -0.3 is 25.3 Å². The van der Waals surface area contributed by atoms with E-state index in [0.717, 1.165) is 37.7 Å². The standard InChI is InChI=1S/C16H17ClN2O4/c17-9-6-8-7-10(14(20)21)23-13(8)11-12(9)18-15(22)19-16(11)4-2-1-3-5-16/h6-7,14,20-21H,1-5H2,(H2,18,19,22). The van der Waals surface area contributed by atoms with E-state index < -0.39 is 11.8 Å². The van der Waals surface area contributed by atoms with Crippen molar-refractivity contribution in [2.24, 2.45) is 0 Å². The number of aliphatic hydroxyl groups excluding tert-OH is 1. The van der Waals surface area contributed by atoms with E-state index in [9.17, 15) is 15.0 Å². The second kappa shape index (κ2) is 5.12. The van der Waals surface area contributed by atoms with Crippen LogP contribution in [-0.4, -0.2) is 16.2 Å². The first-order chi connectivity index (χ1) is 11.0. The number of anilines is 1. The fourth-order valence-corrected chi connectivity index (χ4v) is 4.09. The van der Waals surface area contributed by atoms with Crippen LogP contribution in [0.3, 0.4) is 0 Å². The van der Waals surface area contributed by atoms with Gasteiger partial charge in [0.15, 0.2) is 5.76 Å². The first-order valence-corrected chi connectivity index (χ1v) is 8.10. The summed E-state index contributed by atoms with van der Waals surface area (Å²) in [6, 6.07) is 2.97. The smallest absolute Gasteiger partial charge is 0.319 e. The van der Waals surface area contributed by atoms with Gasteiger partial charge in [-0.25, -0.2) is 4.79 Å². The minimum absolute atomic E-state index is 0.0623. The Labute approximate surface area is 137 Å². The molecule has 0 saturated heterocycles. The van der Waals surface area contributed by atoms with E-state index in [2.05, 4.69) is 10.6 Å². The number of carbonyl (C=O) groups is 1. The zero-order chi connectivity index (χ0) is 16.2. The van der Waals surface area contributed by atoms with Crippen LogP contribution in [0.25, 0.3) is 11.0 Å². The Bertz CT molecular complexity index is 793. The molecule has 1 aromatic heterocycles. The van der Waals surface area contributed by atoms with Crippen molar-refractivity contribution < 1.29 is 19.4 Å². The highest BCUT2D eigenvalue weighted by molar-refractivity contribution is 6.35. The summed E-state index contributed by atoms with van der Waals surface area (Å²) in [6.07, 6.45) is 3.06. The lowest BCUT2D eigenvalue weighted by Crippen LogP contribution is -2.52. The largest absolute Gasteiger partial charge is 0.455 e. The molecule has 0 atom stereocenters. The molecule has 1 aliphatic heterocycles. The Morgan fingerprint density at radius 1 is 1.22 bits per heavy atom. The number of carbonyl (C=O) groups excluding carboxylic acids is 1. The highest BCUT2D eigenvalue weighted by Crippen LogP contribution is 2.49. The summed E-state index contributed by atoms with van der Waals surface area (Å²) >= 11 is 6.37. The third-order valence-electron chi connectivity index (χ3n) is 4.81. The van der Waals surface area contributed by atoms with E-state index in [1.165, 1.54) is 0 Å². The molecule has 23 heavy (non-hydrogen) atoms. The van der Waals surface area contributed by atoms with Crippen molar-refractivity contribution in [2.75, 3.05) is 5.32 Å². The van der Waals surface area contributed by atoms with Crippen LogP contribution in [0, 0.1) is 0 Å². The molecule has 2 amide bonds. The number of fused-ring (bicyclic) bond motifs is 4. The number of hydrogen-bond donors (Lipinski definition) is 4. The second-order valence-electron chi connectivity index (χ2n) is 6.27. The predicted octanol–water partition coefficient (Wildman–Crippen LogP) is 3.36. The van der Waals surface area contributed by atoms with Crippen molar-refractivity contribution in [1.29, 1.82) is 0 Å². The Kier molecular flexibility index (Phi) is 3.30. The molecule has 2 aliphatic rings. The van der Waals surface area contributed by atoms with Crippen molar-refractivity contribution in [2.45, 2.75) is 43.9 Å². The van der Waals surface area contributed by atoms with Crippen LogP contribution in [0.2, 0.25) is 5.02 Å². The van der Waals surface area contributed by atoms with Crippen molar-refractivity contribution in [3.8, 4) is 0 Å². The lowest BCUT2D eigenvalue weighted by Gasteiger charge is -2.42. The van der Waals surface area contributed by atoms with Gasteiger partial charge in [0, 0.05) is 10.9 Å². The van der Waals surface area contributed by atoms with Gasteiger partial charge in [-0.05, 0) is 25.0 Å². The van der Waals surface area contributed by atoms with Crippen molar-refractivity contribution >= 4 is 34.3 Å². The molecule has 7 heteroatoms. The average Bonchev–Trinajstić information content (AvgIpc) is 2.91. The van der Waals surface area contributed by atoms with Crippen LogP contribution in [0.15, 0.2) is 16.5 Å². The van der Waals surface area contributed by atoms with Gasteiger partial charge >= 0.3 is 6.03 Å². The first-order valence-electron chi connectivity index (χ1n) is 7.72. The van der Waals surface area contributed by atoms with Gasteiger partial charge in [-0.3, -0.25) is 0 Å². The minimum atomic E-state index is -1.69. The highest BCUT2D eigenvalue weighted by Gasteiger charge is 2.43. The maximum Gasteiger partial charge on any atom is 0.319 e. The molecule has 1 aromatic carbocycles. The van der Waals surface area contributed by atoms with Crippen molar-refractivity contribution in [3.05, 3.63) is 28.5 Å². The Morgan fingerprint density at radius 3 is 2.65 bits per heavy atom. The van der Waals surface area contributed by atoms with Crippen LogP contribution in [0.5, 0.6) is 0 Å². The van der Waals surface area contributed by atoms with Gasteiger partial charge in [-0.1, -0.05) is 30.9 Å². The van der Waals surface area contributed by atoms with E-state index >= 15 is 0 Å². The topological polar surface area (TPSA) is 94.7 Å². The fraction of sp³-hybridized carbons (Fsp3) is 0.438. The summed E-state index contributed by atoms with van der Waals surface area (Å²) in [4.78, 5) is 12.1. The van der Waals surface area contributed by atoms with E-state index in [1.807, 2.05) is 0 Å². The molecule has 4 rings (SSSR count). The normalized spacial score (nSPS) is 19.7. The summed E-state index contributed by atoms with van der Waals surface area (Å²) in [5, 5.41) is 25.7. The van der Waals surface area contributed by atoms with Gasteiger partial charge in [-0.15, -0.1) is 0 Å². The third-order valence-corrected chi connectivity index (χ3v) is 5.11. The van der Waals surface area contributed by atoms with Crippen molar-refractivity contribution in [3.63, 3.8) is 0 Å². The first kappa shape index (κ1) is 14.8. The van der Waals surface area contributed by atoms with Gasteiger partial charge in [0.2, 0.25) is 6.29 Å². The Balaban J connectivity index is 2.02. The molecule has 0 radical (unpaired) electrons. The lowest BCUT2D eigenvalue weighted by molar-refractivity contribution is -0.0571. The molecule has 2 aromatic rings. The zero-order valence-corrected chi connectivity index (χ0v) is 13.1. The molecule has 4 N–H and O–H groups in total. The quantitative estimate of drug-likeness (QED) is 0.600. The Hall–Kier alpha value is -1.76. The summed E-state index contributed by atoms with van der Waals surface area (Å²) in [6.45, 7) is 0. The Morgan fingerprint density at radius 2 is 1.96 bits per heavy atom. The molecule has 1 spiro atoms. The monoisotopic (exact) mass is 336 g/mol. The molecule has 2 heterocycles. The third kappa shape index (κ3) is 2.21. The molecule has 0 bridgehead atoms. The second-order valence-corrected chi connectivity index (χ2v) is 6.68. The number of amides is 2. The molecule has 1 saturated carbocycles. The molecular weight excluding hydrogens is 320 g/mol. The van der Waals surface area contributed by atoms with Crippen molar-refractivity contribution in [1.82, 2.24) is 5.32 Å². The van der Waals surface area contributed by atoms with Gasteiger partial charge in [0.1, 0.15) is 5.58 Å². The number of hydrogen-bond acceptors (Lipinski definition) is 4. The number of nitrogens with one attached hydrogen (secondary N) is 2. The van der Waals surface area contributed by atoms with Crippen LogP contribution in [0.4, 0.5) is 10.5 Å². The van der Waals surface area contributed by atoms with Crippen LogP contribution in [0.1, 0.15) is 49.7 Å². The summed E-state index contributed by atoms with van der Waals surface area (Å²) in [5.41, 5.74) is 1.39. The maximum atomic E-state index is 12.1. The molecule has 6 nitrogen and oxygen atoms in total. The SMILES string of the molecule is O=C1Nc2c(Cl)cc3cc(C(O)O)oc3c2C2(CCCCC2)N1. The summed E-state index contributed by atoms with van der Waals surface area (Å²) in [5.74, 6) is 0.0623. The molecule has 122 valence electrons. The van der Waals surface area contributed by atoms with Gasteiger partial charge in [0.25, 0.3) is 0 Å². The van der Waals surface area contributed by atoms with E-state index in [1.54, 1.807) is 12.1 Å². The van der Waals surface area contributed by atoms with Gasteiger partial charge in [-0.2, -0.15) is 0 Å². The van der Waals surface area contributed by atoms with E-state index in [0.29, 0.717) is 21.7 Å². The number of benzene rings is 1. The molecule has 0 unspecified atom stereocenters. The van der Waals surface area contributed by atoms with E-state index in [4.69, 9.17) is 16.0 Å². The van der Waals surface area contributed by atoms with E-state index in [-0.39, 0.29) is 11.8 Å². The average molecular weight is 337 g/mol. The summed E-state index contributed by atoms with van der Waals surface area (Å²) in [7, 11) is 0.